The van der Waals surface area contributed by atoms with Gasteiger partial charge in [-0.2, -0.15) is 0 Å². The minimum Gasteiger partial charge on any atom is -0.462 e. The molecular formula is C9H17NO2. The van der Waals surface area contributed by atoms with Gasteiger partial charge in [0.2, 0.25) is 0 Å². The molecule has 3 heteroatoms. The van der Waals surface area contributed by atoms with Crippen molar-refractivity contribution in [3.05, 3.63) is 0 Å². The predicted octanol–water partition coefficient (Wildman–Crippen LogP) is 1.21. The third-order valence-corrected chi connectivity index (χ3v) is 2.25. The molecule has 1 fully saturated rings. The van der Waals surface area contributed by atoms with E-state index in [4.69, 9.17) is 10.5 Å². The van der Waals surface area contributed by atoms with Crippen LogP contribution in [0.15, 0.2) is 0 Å². The van der Waals surface area contributed by atoms with Gasteiger partial charge in [-0.05, 0) is 25.7 Å². The van der Waals surface area contributed by atoms with Crippen molar-refractivity contribution in [2.24, 2.45) is 5.73 Å². The Kier molecular flexibility index (Phi) is 3.53. The van der Waals surface area contributed by atoms with Gasteiger partial charge in [0.05, 0.1) is 0 Å². The van der Waals surface area contributed by atoms with Crippen LogP contribution < -0.4 is 5.73 Å². The van der Waals surface area contributed by atoms with E-state index in [0.29, 0.717) is 6.42 Å². The molecule has 0 saturated heterocycles. The van der Waals surface area contributed by atoms with Crippen molar-refractivity contribution in [1.82, 2.24) is 0 Å². The Balaban J connectivity index is 2.27. The van der Waals surface area contributed by atoms with Gasteiger partial charge in [-0.25, -0.2) is 0 Å². The fourth-order valence-corrected chi connectivity index (χ4v) is 1.56. The van der Waals surface area contributed by atoms with Crippen LogP contribution in [0.3, 0.4) is 0 Å². The summed E-state index contributed by atoms with van der Waals surface area (Å²) < 4.78 is 5.19. The second-order valence-corrected chi connectivity index (χ2v) is 3.39. The van der Waals surface area contributed by atoms with Crippen LogP contribution in [0.4, 0.5) is 0 Å². The highest BCUT2D eigenvalue weighted by Crippen LogP contribution is 2.19. The molecular weight excluding hydrogens is 154 g/mol. The minimum atomic E-state index is -0.103. The fourth-order valence-electron chi connectivity index (χ4n) is 1.56. The lowest BCUT2D eigenvalue weighted by atomic mass is 9.93. The van der Waals surface area contributed by atoms with E-state index in [0.717, 1.165) is 25.7 Å². The zero-order valence-electron chi connectivity index (χ0n) is 7.58. The van der Waals surface area contributed by atoms with E-state index < -0.39 is 0 Å². The first-order valence-corrected chi connectivity index (χ1v) is 4.67. The van der Waals surface area contributed by atoms with Crippen LogP contribution in [0.1, 0.15) is 39.0 Å². The summed E-state index contributed by atoms with van der Waals surface area (Å²) in [6.45, 7) is 1.81. The van der Waals surface area contributed by atoms with Crippen LogP contribution in [-0.4, -0.2) is 18.1 Å². The summed E-state index contributed by atoms with van der Waals surface area (Å²) in [6, 6.07) is 0.230. The number of hydrogen-bond acceptors (Lipinski definition) is 3. The van der Waals surface area contributed by atoms with E-state index in [9.17, 15) is 4.79 Å². The van der Waals surface area contributed by atoms with Crippen LogP contribution in [0, 0.1) is 0 Å². The topological polar surface area (TPSA) is 52.3 Å². The maximum Gasteiger partial charge on any atom is 0.305 e. The second-order valence-electron chi connectivity index (χ2n) is 3.39. The predicted molar refractivity (Wildman–Crippen MR) is 46.6 cm³/mol. The van der Waals surface area contributed by atoms with Gasteiger partial charge in [0.25, 0.3) is 0 Å². The van der Waals surface area contributed by atoms with Crippen LogP contribution in [0.2, 0.25) is 0 Å². The van der Waals surface area contributed by atoms with Crippen molar-refractivity contribution in [1.29, 1.82) is 0 Å². The Morgan fingerprint density at radius 3 is 2.92 bits per heavy atom. The van der Waals surface area contributed by atoms with E-state index in [2.05, 4.69) is 0 Å². The van der Waals surface area contributed by atoms with Crippen LogP contribution in [0.25, 0.3) is 0 Å². The van der Waals surface area contributed by atoms with Crippen molar-refractivity contribution in [3.63, 3.8) is 0 Å². The van der Waals surface area contributed by atoms with Gasteiger partial charge in [-0.3, -0.25) is 4.79 Å². The molecule has 1 aliphatic carbocycles. The van der Waals surface area contributed by atoms with E-state index in [1.54, 1.807) is 0 Å². The normalized spacial score (nSPS) is 29.8. The van der Waals surface area contributed by atoms with Crippen LogP contribution >= 0.6 is 0 Å². The van der Waals surface area contributed by atoms with Crippen molar-refractivity contribution >= 4 is 5.97 Å². The summed E-state index contributed by atoms with van der Waals surface area (Å²) in [5.41, 5.74) is 5.75. The molecule has 0 radical (unpaired) electrons. The summed E-state index contributed by atoms with van der Waals surface area (Å²) in [4.78, 5) is 10.9. The Morgan fingerprint density at radius 1 is 1.58 bits per heavy atom. The smallest absolute Gasteiger partial charge is 0.305 e. The van der Waals surface area contributed by atoms with Crippen molar-refractivity contribution < 1.29 is 9.53 Å². The Morgan fingerprint density at radius 2 is 2.33 bits per heavy atom. The highest BCUT2D eigenvalue weighted by Gasteiger charge is 2.21. The molecule has 0 aromatic rings. The van der Waals surface area contributed by atoms with Gasteiger partial charge in [0.15, 0.2) is 0 Å². The third-order valence-electron chi connectivity index (χ3n) is 2.25. The van der Waals surface area contributed by atoms with Crippen molar-refractivity contribution in [2.45, 2.75) is 51.2 Å². The van der Waals surface area contributed by atoms with Gasteiger partial charge in [-0.15, -0.1) is 0 Å². The first kappa shape index (κ1) is 9.52. The highest BCUT2D eigenvalue weighted by molar-refractivity contribution is 5.69. The second kappa shape index (κ2) is 4.45. The Labute approximate surface area is 73.3 Å². The minimum absolute atomic E-state index is 0.0844. The van der Waals surface area contributed by atoms with Crippen molar-refractivity contribution in [2.75, 3.05) is 0 Å². The number of carbonyl (C=O) groups is 1. The molecule has 2 atom stereocenters. The number of nitrogens with two attached hydrogens (primary N) is 1. The molecule has 0 bridgehead atoms. The Hall–Kier alpha value is -0.570. The molecule has 12 heavy (non-hydrogen) atoms. The summed E-state index contributed by atoms with van der Waals surface area (Å²) in [5.74, 6) is -0.103. The maximum absolute atomic E-state index is 10.9. The van der Waals surface area contributed by atoms with E-state index >= 15 is 0 Å². The van der Waals surface area contributed by atoms with Gasteiger partial charge in [0.1, 0.15) is 6.10 Å². The fraction of sp³-hybridized carbons (Fsp3) is 0.889. The molecule has 2 N–H and O–H groups in total. The lowest BCUT2D eigenvalue weighted by Crippen LogP contribution is -2.33. The third kappa shape index (κ3) is 2.81. The van der Waals surface area contributed by atoms with Gasteiger partial charge < -0.3 is 10.5 Å². The number of hydrogen-bond donors (Lipinski definition) is 1. The van der Waals surface area contributed by atoms with E-state index in [1.165, 1.54) is 0 Å². The maximum atomic E-state index is 10.9. The quantitative estimate of drug-likeness (QED) is 0.635. The highest BCUT2D eigenvalue weighted by atomic mass is 16.5. The van der Waals surface area contributed by atoms with Gasteiger partial charge >= 0.3 is 5.97 Å². The molecule has 0 aliphatic heterocycles. The monoisotopic (exact) mass is 171 g/mol. The average Bonchev–Trinajstić information content (AvgIpc) is 2.04. The molecule has 0 aromatic heterocycles. The van der Waals surface area contributed by atoms with E-state index in [1.807, 2.05) is 6.92 Å². The largest absolute Gasteiger partial charge is 0.462 e. The van der Waals surface area contributed by atoms with Gasteiger partial charge in [-0.1, -0.05) is 6.92 Å². The molecule has 70 valence electrons. The molecule has 0 aromatic carbocycles. The molecule has 0 amide bonds. The Bertz CT molecular complexity index is 159. The van der Waals surface area contributed by atoms with Crippen LogP contribution in [0.5, 0.6) is 0 Å². The first-order chi connectivity index (χ1) is 5.72. The molecule has 0 spiro atoms. The zero-order chi connectivity index (χ0) is 8.97. The van der Waals surface area contributed by atoms with Gasteiger partial charge in [0, 0.05) is 12.5 Å². The molecule has 1 saturated carbocycles. The molecule has 2 unspecified atom stereocenters. The number of carbonyl (C=O) groups excluding carboxylic acids is 1. The SMILES string of the molecule is CCC(=O)OC1CCCC(N)C1. The summed E-state index contributed by atoms with van der Waals surface area (Å²) in [5, 5.41) is 0. The zero-order valence-corrected chi connectivity index (χ0v) is 7.58. The van der Waals surface area contributed by atoms with Crippen LogP contribution in [-0.2, 0) is 9.53 Å². The molecule has 1 aliphatic rings. The molecule has 1 rings (SSSR count). The average molecular weight is 171 g/mol. The number of ether oxygens (including phenoxy) is 1. The van der Waals surface area contributed by atoms with Crippen molar-refractivity contribution in [3.8, 4) is 0 Å². The lowest BCUT2D eigenvalue weighted by molar-refractivity contribution is -0.150. The van der Waals surface area contributed by atoms with E-state index in [-0.39, 0.29) is 18.1 Å². The standard InChI is InChI=1S/C9H17NO2/c1-2-9(11)12-8-5-3-4-7(10)6-8/h7-8H,2-6,10H2,1H3. The summed E-state index contributed by atoms with van der Waals surface area (Å²) in [7, 11) is 0. The molecule has 0 heterocycles. The lowest BCUT2D eigenvalue weighted by Gasteiger charge is -2.26. The summed E-state index contributed by atoms with van der Waals surface area (Å²) in [6.07, 6.45) is 4.53. The molecule has 3 nitrogen and oxygen atoms in total. The number of rotatable bonds is 2. The number of esters is 1. The summed E-state index contributed by atoms with van der Waals surface area (Å²) >= 11 is 0. The first-order valence-electron chi connectivity index (χ1n) is 4.67.